The minimum absolute atomic E-state index is 0.550. The fraction of sp³-hybridized carbons (Fsp3) is 0.769. The van der Waals surface area contributed by atoms with Gasteiger partial charge < -0.3 is 5.32 Å². The molecule has 0 aliphatic heterocycles. The second-order valence-electron chi connectivity index (χ2n) is 4.95. The Morgan fingerprint density at radius 1 is 1.44 bits per heavy atom. The molecule has 0 aliphatic carbocycles. The van der Waals surface area contributed by atoms with Crippen LogP contribution in [0, 0.1) is 6.92 Å². The Balaban J connectivity index is 2.57. The van der Waals surface area contributed by atoms with Gasteiger partial charge in [-0.3, -0.25) is 9.58 Å². The Bertz CT molecular complexity index is 373. The summed E-state index contributed by atoms with van der Waals surface area (Å²) < 4.78 is 3.11. The Kier molecular flexibility index (Phi) is 6.32. The summed E-state index contributed by atoms with van der Waals surface area (Å²) in [5.74, 6) is 0. The van der Waals surface area contributed by atoms with E-state index in [2.05, 4.69) is 52.0 Å². The van der Waals surface area contributed by atoms with Gasteiger partial charge in [0.2, 0.25) is 0 Å². The Morgan fingerprint density at radius 3 is 2.56 bits per heavy atom. The minimum Gasteiger partial charge on any atom is -0.313 e. The molecule has 1 N–H and O–H groups in total. The van der Waals surface area contributed by atoms with Gasteiger partial charge in [0.05, 0.1) is 15.9 Å². The highest BCUT2D eigenvalue weighted by Gasteiger charge is 2.13. The van der Waals surface area contributed by atoms with Gasteiger partial charge in [-0.25, -0.2) is 0 Å². The molecule has 1 aromatic rings. The number of hydrogen-bond acceptors (Lipinski definition) is 3. The molecule has 0 fully saturated rings. The second-order valence-corrected chi connectivity index (χ2v) is 5.74. The first-order valence-corrected chi connectivity index (χ1v) is 7.38. The van der Waals surface area contributed by atoms with Crippen LogP contribution in [0.25, 0.3) is 0 Å². The molecule has 0 unspecified atom stereocenters. The zero-order chi connectivity index (χ0) is 13.7. The molecule has 4 nitrogen and oxygen atoms in total. The van der Waals surface area contributed by atoms with Gasteiger partial charge in [-0.05, 0) is 29.4 Å². The molecule has 104 valence electrons. The van der Waals surface area contributed by atoms with E-state index >= 15 is 0 Å². The molecule has 1 heterocycles. The van der Waals surface area contributed by atoms with E-state index in [0.717, 1.165) is 36.3 Å². The Hall–Kier alpha value is -0.390. The van der Waals surface area contributed by atoms with Crippen LogP contribution in [-0.2, 0) is 13.6 Å². The van der Waals surface area contributed by atoms with Gasteiger partial charge >= 0.3 is 0 Å². The number of halogens is 1. The van der Waals surface area contributed by atoms with E-state index in [1.165, 1.54) is 5.69 Å². The number of aryl methyl sites for hydroxylation is 2. The molecular weight excluding hydrogens is 292 g/mol. The summed E-state index contributed by atoms with van der Waals surface area (Å²) in [6.45, 7) is 12.7. The van der Waals surface area contributed by atoms with E-state index in [4.69, 9.17) is 0 Å². The van der Waals surface area contributed by atoms with Crippen molar-refractivity contribution in [2.75, 3.05) is 19.6 Å². The van der Waals surface area contributed by atoms with Crippen molar-refractivity contribution in [1.29, 1.82) is 0 Å². The van der Waals surface area contributed by atoms with Crippen LogP contribution >= 0.6 is 15.9 Å². The zero-order valence-corrected chi connectivity index (χ0v) is 13.7. The van der Waals surface area contributed by atoms with Crippen molar-refractivity contribution in [2.45, 2.75) is 40.3 Å². The quantitative estimate of drug-likeness (QED) is 0.838. The molecule has 0 saturated heterocycles. The smallest absolute Gasteiger partial charge is 0.0739 e. The minimum atomic E-state index is 0.550. The van der Waals surface area contributed by atoms with E-state index in [9.17, 15) is 0 Å². The summed E-state index contributed by atoms with van der Waals surface area (Å²) in [5, 5.41) is 7.89. The predicted molar refractivity (Wildman–Crippen MR) is 79.7 cm³/mol. The molecule has 0 spiro atoms. The van der Waals surface area contributed by atoms with Crippen LogP contribution in [0.3, 0.4) is 0 Å². The monoisotopic (exact) mass is 316 g/mol. The summed E-state index contributed by atoms with van der Waals surface area (Å²) in [6.07, 6.45) is 0. The SMILES string of the molecule is CCN(CCNC(C)C)Cc1c(Br)c(C)nn1C. The number of rotatable bonds is 7. The lowest BCUT2D eigenvalue weighted by molar-refractivity contribution is 0.268. The molecule has 0 amide bonds. The number of nitrogens with zero attached hydrogens (tertiary/aromatic N) is 3. The Morgan fingerprint density at radius 2 is 2.11 bits per heavy atom. The highest BCUT2D eigenvalue weighted by Crippen LogP contribution is 2.21. The van der Waals surface area contributed by atoms with Gasteiger partial charge in [0.25, 0.3) is 0 Å². The zero-order valence-electron chi connectivity index (χ0n) is 12.1. The van der Waals surface area contributed by atoms with Crippen molar-refractivity contribution in [1.82, 2.24) is 20.0 Å². The fourth-order valence-electron chi connectivity index (χ4n) is 1.92. The van der Waals surface area contributed by atoms with Crippen molar-refractivity contribution in [2.24, 2.45) is 7.05 Å². The lowest BCUT2D eigenvalue weighted by atomic mass is 10.3. The highest BCUT2D eigenvalue weighted by atomic mass is 79.9. The molecule has 5 heteroatoms. The topological polar surface area (TPSA) is 33.1 Å². The van der Waals surface area contributed by atoms with Crippen LogP contribution in [0.2, 0.25) is 0 Å². The van der Waals surface area contributed by atoms with E-state index in [1.807, 2.05) is 18.7 Å². The molecule has 18 heavy (non-hydrogen) atoms. The van der Waals surface area contributed by atoms with Gasteiger partial charge in [0.15, 0.2) is 0 Å². The van der Waals surface area contributed by atoms with E-state index in [1.54, 1.807) is 0 Å². The molecule has 0 bridgehead atoms. The maximum Gasteiger partial charge on any atom is 0.0739 e. The summed E-state index contributed by atoms with van der Waals surface area (Å²) in [4.78, 5) is 2.43. The largest absolute Gasteiger partial charge is 0.313 e. The maximum absolute atomic E-state index is 4.43. The van der Waals surface area contributed by atoms with E-state index < -0.39 is 0 Å². The normalized spacial score (nSPS) is 11.8. The third kappa shape index (κ3) is 4.37. The number of likely N-dealkylation sites (N-methyl/N-ethyl adjacent to an activating group) is 1. The van der Waals surface area contributed by atoms with Crippen molar-refractivity contribution in [3.8, 4) is 0 Å². The maximum atomic E-state index is 4.43. The van der Waals surface area contributed by atoms with Crippen LogP contribution < -0.4 is 5.32 Å². The van der Waals surface area contributed by atoms with E-state index in [-0.39, 0.29) is 0 Å². The molecule has 0 aromatic carbocycles. The van der Waals surface area contributed by atoms with Crippen molar-refractivity contribution < 1.29 is 0 Å². The first kappa shape index (κ1) is 15.7. The predicted octanol–water partition coefficient (Wildman–Crippen LogP) is 2.31. The number of aromatic nitrogens is 2. The van der Waals surface area contributed by atoms with Crippen LogP contribution in [0.5, 0.6) is 0 Å². The van der Waals surface area contributed by atoms with E-state index in [0.29, 0.717) is 6.04 Å². The van der Waals surface area contributed by atoms with Gasteiger partial charge in [0.1, 0.15) is 0 Å². The molecule has 0 atom stereocenters. The lowest BCUT2D eigenvalue weighted by Crippen LogP contribution is -2.35. The standard InChI is InChI=1S/C13H25BrN4/c1-6-18(8-7-15-10(2)3)9-12-13(14)11(4)16-17(12)5/h10,15H,6-9H2,1-5H3. The second kappa shape index (κ2) is 7.26. The van der Waals surface area contributed by atoms with Gasteiger partial charge in [-0.15, -0.1) is 0 Å². The van der Waals surface area contributed by atoms with Crippen LogP contribution in [0.4, 0.5) is 0 Å². The average molecular weight is 317 g/mol. The Labute approximate surface area is 119 Å². The summed E-state index contributed by atoms with van der Waals surface area (Å²) in [7, 11) is 2.01. The molecule has 0 saturated carbocycles. The first-order chi connectivity index (χ1) is 8.45. The fourth-order valence-corrected chi connectivity index (χ4v) is 2.39. The molecule has 1 aromatic heterocycles. The molecule has 0 radical (unpaired) electrons. The number of hydrogen-bond donors (Lipinski definition) is 1. The number of nitrogens with one attached hydrogen (secondary N) is 1. The summed E-state index contributed by atoms with van der Waals surface area (Å²) in [5.41, 5.74) is 2.31. The third-order valence-corrected chi connectivity index (χ3v) is 4.09. The van der Waals surface area contributed by atoms with Gasteiger partial charge in [-0.2, -0.15) is 5.10 Å². The van der Waals surface area contributed by atoms with Crippen molar-refractivity contribution >= 4 is 15.9 Å². The van der Waals surface area contributed by atoms with Crippen LogP contribution in [0.1, 0.15) is 32.2 Å². The van der Waals surface area contributed by atoms with Crippen molar-refractivity contribution in [3.63, 3.8) is 0 Å². The van der Waals surface area contributed by atoms with Gasteiger partial charge in [-0.1, -0.05) is 20.8 Å². The highest BCUT2D eigenvalue weighted by molar-refractivity contribution is 9.10. The molecular formula is C13H25BrN4. The third-order valence-electron chi connectivity index (χ3n) is 3.06. The van der Waals surface area contributed by atoms with Crippen LogP contribution in [-0.4, -0.2) is 40.4 Å². The first-order valence-electron chi connectivity index (χ1n) is 6.59. The average Bonchev–Trinajstić information content (AvgIpc) is 2.53. The van der Waals surface area contributed by atoms with Gasteiger partial charge in [0, 0.05) is 32.7 Å². The lowest BCUT2D eigenvalue weighted by Gasteiger charge is -2.21. The molecule has 1 rings (SSSR count). The molecule has 0 aliphatic rings. The summed E-state index contributed by atoms with van der Waals surface area (Å²) >= 11 is 3.62. The summed E-state index contributed by atoms with van der Waals surface area (Å²) in [6, 6.07) is 0.550. The van der Waals surface area contributed by atoms with Crippen molar-refractivity contribution in [3.05, 3.63) is 15.9 Å². The van der Waals surface area contributed by atoms with Crippen LogP contribution in [0.15, 0.2) is 4.47 Å².